The summed E-state index contributed by atoms with van der Waals surface area (Å²) in [5.74, 6) is -6.15. The molecule has 0 unspecified atom stereocenters. The second kappa shape index (κ2) is 18.1. The molecule has 0 fully saturated rings. The van der Waals surface area contributed by atoms with Gasteiger partial charge in [-0.3, -0.25) is 24.1 Å². The van der Waals surface area contributed by atoms with Gasteiger partial charge >= 0.3 is 23.9 Å². The van der Waals surface area contributed by atoms with Crippen molar-refractivity contribution < 1.29 is 57.3 Å². The first kappa shape index (κ1) is 39.1. The number of carbonyl (C=O) groups excluding carboxylic acids is 8. The van der Waals surface area contributed by atoms with Gasteiger partial charge in [-0.2, -0.15) is 0 Å². The highest BCUT2D eigenvalue weighted by Gasteiger charge is 2.44. The average Bonchev–Trinajstić information content (AvgIpc) is 3.43. The maximum atomic E-state index is 13.7. The van der Waals surface area contributed by atoms with Crippen molar-refractivity contribution in [3.05, 3.63) is 130 Å². The Bertz CT molecular complexity index is 2120. The van der Waals surface area contributed by atoms with Crippen LogP contribution in [0.4, 0.5) is 11.4 Å². The van der Waals surface area contributed by atoms with E-state index in [4.69, 9.17) is 18.9 Å². The van der Waals surface area contributed by atoms with Crippen LogP contribution in [0.2, 0.25) is 0 Å². The predicted molar refractivity (Wildman–Crippen MR) is 194 cm³/mol. The van der Waals surface area contributed by atoms with Gasteiger partial charge in [0.15, 0.2) is 13.2 Å². The molecule has 15 nitrogen and oxygen atoms in total. The summed E-state index contributed by atoms with van der Waals surface area (Å²) in [4.78, 5) is 103. The number of esters is 4. The molecule has 1 aliphatic heterocycles. The van der Waals surface area contributed by atoms with Crippen LogP contribution in [0, 0.1) is 0 Å². The van der Waals surface area contributed by atoms with Gasteiger partial charge in [0.2, 0.25) is 0 Å². The highest BCUT2D eigenvalue weighted by molar-refractivity contribution is 6.23. The maximum Gasteiger partial charge on any atom is 0.338 e. The number of benzene rings is 4. The van der Waals surface area contributed by atoms with E-state index in [1.165, 1.54) is 60.7 Å². The lowest BCUT2D eigenvalue weighted by Crippen LogP contribution is -2.47. The fourth-order valence-corrected chi connectivity index (χ4v) is 5.44. The zero-order valence-electron chi connectivity index (χ0n) is 29.7. The molecule has 5 rings (SSSR count). The van der Waals surface area contributed by atoms with E-state index in [0.717, 1.165) is 11.0 Å². The number of nitrogens with zero attached hydrogens (tertiary/aromatic N) is 1. The number of imide groups is 1. The number of carbonyl (C=O) groups is 8. The highest BCUT2D eigenvalue weighted by Crippen LogP contribution is 2.28. The first-order valence-corrected chi connectivity index (χ1v) is 17.0. The molecule has 0 spiro atoms. The van der Waals surface area contributed by atoms with E-state index in [2.05, 4.69) is 10.6 Å². The van der Waals surface area contributed by atoms with Crippen molar-refractivity contribution in [2.24, 2.45) is 0 Å². The number of hydrogen-bond acceptors (Lipinski definition) is 12. The zero-order chi connectivity index (χ0) is 39.5. The molecule has 282 valence electrons. The second-order valence-corrected chi connectivity index (χ2v) is 11.8. The van der Waals surface area contributed by atoms with Gasteiger partial charge in [-0.05, 0) is 86.1 Å². The predicted octanol–water partition coefficient (Wildman–Crippen LogP) is 4.22. The van der Waals surface area contributed by atoms with Crippen LogP contribution < -0.4 is 10.6 Å². The number of fused-ring (bicyclic) bond motifs is 1. The Hall–Kier alpha value is -7.16. The highest BCUT2D eigenvalue weighted by atomic mass is 16.5. The van der Waals surface area contributed by atoms with Gasteiger partial charge in [0.05, 0.1) is 41.0 Å². The Morgan fingerprint density at radius 3 is 1.56 bits per heavy atom. The average molecular weight is 750 g/mol. The van der Waals surface area contributed by atoms with Crippen LogP contribution >= 0.6 is 0 Å². The molecular formula is C40H35N3O12. The molecule has 0 radical (unpaired) electrons. The summed E-state index contributed by atoms with van der Waals surface area (Å²) in [5.41, 5.74) is 1.40. The molecular weight excluding hydrogens is 714 g/mol. The lowest BCUT2D eigenvalue weighted by atomic mass is 10.0. The molecule has 55 heavy (non-hydrogen) atoms. The molecule has 0 aliphatic carbocycles. The Morgan fingerprint density at radius 2 is 1.04 bits per heavy atom. The summed E-state index contributed by atoms with van der Waals surface area (Å²) in [6.07, 6.45) is -0.141. The summed E-state index contributed by atoms with van der Waals surface area (Å²) in [6.45, 7) is 2.32. The van der Waals surface area contributed by atoms with Gasteiger partial charge in [0, 0.05) is 17.8 Å². The molecule has 4 aromatic carbocycles. The van der Waals surface area contributed by atoms with E-state index in [-0.39, 0.29) is 47.5 Å². The standard InChI is InChI=1S/C40H35N3O12/c1-3-52-37(48)25-10-15-28(16-11-25)41-33(44)22-54-39(50)27-14-19-30-31(21-27)36(47)43(35(30)46)32(20-24-8-6-5-7-9-24)40(51)55-23-34(45)42-29-17-12-26(13-18-29)38(49)53-4-2/h5-19,21,32H,3-4,20,22-23H2,1-2H3,(H,41,44)(H,42,45)/t32-/m0/s1. The number of ether oxygens (including phenoxy) is 4. The molecule has 4 amide bonds. The molecule has 1 atom stereocenters. The largest absolute Gasteiger partial charge is 0.462 e. The normalized spacial score (nSPS) is 12.2. The van der Waals surface area contributed by atoms with E-state index >= 15 is 0 Å². The van der Waals surface area contributed by atoms with Crippen molar-refractivity contribution in [1.29, 1.82) is 0 Å². The summed E-state index contributed by atoms with van der Waals surface area (Å²) >= 11 is 0. The molecule has 0 aromatic heterocycles. The maximum absolute atomic E-state index is 13.7. The summed E-state index contributed by atoms with van der Waals surface area (Å²) in [5, 5.41) is 5.07. The molecule has 4 aromatic rings. The number of anilines is 2. The quantitative estimate of drug-likeness (QED) is 0.0998. The summed E-state index contributed by atoms with van der Waals surface area (Å²) < 4.78 is 20.3. The molecule has 15 heteroatoms. The van der Waals surface area contributed by atoms with E-state index in [0.29, 0.717) is 16.9 Å². The Balaban J connectivity index is 1.23. The van der Waals surface area contributed by atoms with Crippen molar-refractivity contribution in [2.75, 3.05) is 37.1 Å². The summed E-state index contributed by atoms with van der Waals surface area (Å²) in [6, 6.07) is 22.4. The number of rotatable bonds is 15. The lowest BCUT2D eigenvalue weighted by molar-refractivity contribution is -0.151. The van der Waals surface area contributed by atoms with E-state index in [9.17, 15) is 38.4 Å². The van der Waals surface area contributed by atoms with Crippen molar-refractivity contribution >= 4 is 58.9 Å². The number of amides is 4. The van der Waals surface area contributed by atoms with Crippen molar-refractivity contribution in [2.45, 2.75) is 26.3 Å². The van der Waals surface area contributed by atoms with Crippen LogP contribution in [0.15, 0.2) is 97.1 Å². The minimum atomic E-state index is -1.49. The minimum Gasteiger partial charge on any atom is -0.462 e. The minimum absolute atomic E-state index is 0.0829. The van der Waals surface area contributed by atoms with Gasteiger partial charge in [-0.1, -0.05) is 30.3 Å². The smallest absolute Gasteiger partial charge is 0.338 e. The molecule has 1 heterocycles. The lowest BCUT2D eigenvalue weighted by Gasteiger charge is -2.24. The molecule has 0 bridgehead atoms. The molecule has 2 N–H and O–H groups in total. The van der Waals surface area contributed by atoms with Crippen molar-refractivity contribution in [1.82, 2.24) is 4.90 Å². The Morgan fingerprint density at radius 1 is 0.564 bits per heavy atom. The van der Waals surface area contributed by atoms with E-state index in [1.54, 1.807) is 44.2 Å². The first-order valence-electron chi connectivity index (χ1n) is 17.0. The fourth-order valence-electron chi connectivity index (χ4n) is 5.44. The second-order valence-electron chi connectivity index (χ2n) is 11.8. The Kier molecular flexibility index (Phi) is 12.8. The monoisotopic (exact) mass is 749 g/mol. The third-order valence-corrected chi connectivity index (χ3v) is 8.05. The third-order valence-electron chi connectivity index (χ3n) is 8.05. The van der Waals surface area contributed by atoms with E-state index < -0.39 is 66.8 Å². The SMILES string of the molecule is CCOC(=O)c1ccc(NC(=O)COC(=O)c2ccc3c(c2)C(=O)N([C@@H](Cc2ccccc2)C(=O)OCC(=O)Nc2ccc(C(=O)OCC)cc2)C3=O)cc1. The molecule has 0 saturated heterocycles. The molecule has 1 aliphatic rings. The van der Waals surface area contributed by atoms with Crippen LogP contribution in [-0.2, 0) is 39.8 Å². The zero-order valence-corrected chi connectivity index (χ0v) is 29.7. The molecule has 0 saturated carbocycles. The fraction of sp³-hybridized carbons (Fsp3) is 0.200. The Labute approximate surface area is 314 Å². The van der Waals surface area contributed by atoms with Crippen LogP contribution in [-0.4, -0.2) is 84.9 Å². The number of nitrogens with one attached hydrogen (secondary N) is 2. The number of hydrogen-bond donors (Lipinski definition) is 2. The first-order chi connectivity index (χ1) is 26.5. The van der Waals surface area contributed by atoms with Crippen LogP contribution in [0.5, 0.6) is 0 Å². The van der Waals surface area contributed by atoms with Crippen molar-refractivity contribution in [3.63, 3.8) is 0 Å². The van der Waals surface area contributed by atoms with Gasteiger partial charge in [-0.15, -0.1) is 0 Å². The van der Waals surface area contributed by atoms with Gasteiger partial charge in [0.1, 0.15) is 6.04 Å². The van der Waals surface area contributed by atoms with Gasteiger partial charge in [0.25, 0.3) is 23.6 Å². The van der Waals surface area contributed by atoms with Crippen molar-refractivity contribution in [3.8, 4) is 0 Å². The third kappa shape index (κ3) is 9.84. The van der Waals surface area contributed by atoms with Gasteiger partial charge < -0.3 is 29.6 Å². The van der Waals surface area contributed by atoms with Crippen LogP contribution in [0.25, 0.3) is 0 Å². The van der Waals surface area contributed by atoms with Crippen LogP contribution in [0.3, 0.4) is 0 Å². The van der Waals surface area contributed by atoms with Gasteiger partial charge in [-0.25, -0.2) is 19.2 Å². The van der Waals surface area contributed by atoms with Crippen LogP contribution in [0.1, 0.15) is 71.2 Å². The summed E-state index contributed by atoms with van der Waals surface area (Å²) in [7, 11) is 0. The topological polar surface area (TPSA) is 201 Å². The van der Waals surface area contributed by atoms with E-state index in [1.807, 2.05) is 0 Å².